The van der Waals surface area contributed by atoms with Gasteiger partial charge in [0.1, 0.15) is 12.4 Å². The number of ether oxygens (including phenoxy) is 1. The first-order valence-electron chi connectivity index (χ1n) is 10.1. The van der Waals surface area contributed by atoms with Gasteiger partial charge in [-0.05, 0) is 20.8 Å². The third kappa shape index (κ3) is 14.2. The molecule has 3 N–H and O–H groups in total. The Kier molecular flexibility index (Phi) is 13.4. The fraction of sp³-hybridized carbons (Fsp3) is 0.591. The van der Waals surface area contributed by atoms with E-state index < -0.39 is 5.41 Å². The van der Waals surface area contributed by atoms with E-state index in [4.69, 9.17) is 5.73 Å². The summed E-state index contributed by atoms with van der Waals surface area (Å²) in [4.78, 5) is 56.7. The summed E-state index contributed by atoms with van der Waals surface area (Å²) in [6.07, 6.45) is 2.99. The molecular formula is C22H34N2O6S2. The lowest BCUT2D eigenvalue weighted by molar-refractivity contribution is -0.128. The predicted octanol–water partition coefficient (Wildman–Crippen LogP) is 2.41. The average Bonchev–Trinajstić information content (AvgIpc) is 2.66. The van der Waals surface area contributed by atoms with Gasteiger partial charge in [0.25, 0.3) is 6.47 Å². The molecule has 0 aromatic carbocycles. The lowest BCUT2D eigenvalue weighted by atomic mass is 9.89. The van der Waals surface area contributed by atoms with Crippen molar-refractivity contribution in [3.8, 4) is 0 Å². The summed E-state index contributed by atoms with van der Waals surface area (Å²) in [5.41, 5.74) is 4.49. The zero-order chi connectivity index (χ0) is 24.9. The largest absolute Gasteiger partial charge is 0.467 e. The number of nitrogens with one attached hydrogen (secondary N) is 1. The molecular weight excluding hydrogens is 452 g/mol. The fourth-order valence-corrected chi connectivity index (χ4v) is 3.67. The van der Waals surface area contributed by atoms with E-state index in [2.05, 4.69) is 10.1 Å². The second-order valence-electron chi connectivity index (χ2n) is 8.90. The van der Waals surface area contributed by atoms with Gasteiger partial charge in [-0.1, -0.05) is 20.8 Å². The second kappa shape index (κ2) is 14.3. The number of Topliss-reactive ketones (excluding diaryl/α,β-unsaturated/α-hetero) is 1. The van der Waals surface area contributed by atoms with Crippen molar-refractivity contribution in [3.63, 3.8) is 0 Å². The molecule has 0 saturated carbocycles. The number of carbonyl (C=O) groups is 5. The number of rotatable bonds is 11. The van der Waals surface area contributed by atoms with E-state index in [1.165, 1.54) is 35.7 Å². The van der Waals surface area contributed by atoms with Crippen LogP contribution in [0.25, 0.3) is 0 Å². The summed E-state index contributed by atoms with van der Waals surface area (Å²) in [7, 11) is 0. The van der Waals surface area contributed by atoms with Gasteiger partial charge in [0.05, 0.1) is 16.4 Å². The highest BCUT2D eigenvalue weighted by Crippen LogP contribution is 2.29. The van der Waals surface area contributed by atoms with Gasteiger partial charge in [0.15, 0.2) is 11.6 Å². The van der Waals surface area contributed by atoms with E-state index >= 15 is 0 Å². The van der Waals surface area contributed by atoms with Crippen LogP contribution in [0.15, 0.2) is 22.0 Å². The second-order valence-corrected chi connectivity index (χ2v) is 11.2. The Labute approximate surface area is 198 Å². The molecule has 0 saturated heterocycles. The van der Waals surface area contributed by atoms with Crippen molar-refractivity contribution >= 4 is 53.3 Å². The van der Waals surface area contributed by atoms with Gasteiger partial charge in [0, 0.05) is 41.0 Å². The highest BCUT2D eigenvalue weighted by atomic mass is 32.2. The van der Waals surface area contributed by atoms with Gasteiger partial charge in [-0.25, -0.2) is 0 Å². The monoisotopic (exact) mass is 486 g/mol. The van der Waals surface area contributed by atoms with Gasteiger partial charge in [-0.3, -0.25) is 24.0 Å². The maximum atomic E-state index is 12.0. The summed E-state index contributed by atoms with van der Waals surface area (Å²) < 4.78 is 4.53. The summed E-state index contributed by atoms with van der Waals surface area (Å²) in [5, 5.41) is 2.95. The minimum Gasteiger partial charge on any atom is -0.467 e. The highest BCUT2D eigenvalue weighted by molar-refractivity contribution is 8.04. The molecule has 1 rings (SSSR count). The quantitative estimate of drug-likeness (QED) is 0.256. The van der Waals surface area contributed by atoms with E-state index in [0.717, 1.165) is 0 Å². The summed E-state index contributed by atoms with van der Waals surface area (Å²) in [6.45, 7) is 12.3. The molecule has 32 heavy (non-hydrogen) atoms. The third-order valence-corrected chi connectivity index (χ3v) is 5.79. The Hall–Kier alpha value is -1.91. The van der Waals surface area contributed by atoms with E-state index in [1.54, 1.807) is 0 Å². The summed E-state index contributed by atoms with van der Waals surface area (Å²) in [6, 6.07) is 0. The van der Waals surface area contributed by atoms with Crippen LogP contribution in [0.5, 0.6) is 0 Å². The van der Waals surface area contributed by atoms with Crippen LogP contribution in [0.2, 0.25) is 0 Å². The van der Waals surface area contributed by atoms with Gasteiger partial charge < -0.3 is 15.8 Å². The number of hydrogen-bond acceptors (Lipinski definition) is 9. The zero-order valence-corrected chi connectivity index (χ0v) is 21.2. The zero-order valence-electron chi connectivity index (χ0n) is 19.6. The summed E-state index contributed by atoms with van der Waals surface area (Å²) >= 11 is 2.41. The molecule has 0 spiro atoms. The van der Waals surface area contributed by atoms with Crippen molar-refractivity contribution in [2.24, 2.45) is 11.1 Å². The van der Waals surface area contributed by atoms with Crippen LogP contribution in [0.4, 0.5) is 0 Å². The van der Waals surface area contributed by atoms with Crippen molar-refractivity contribution in [3.05, 3.63) is 22.0 Å². The molecule has 0 aliphatic heterocycles. The predicted molar refractivity (Wildman–Crippen MR) is 129 cm³/mol. The van der Waals surface area contributed by atoms with E-state index in [-0.39, 0.29) is 41.9 Å². The number of carbonyl (C=O) groups excluding carboxylic acids is 5. The SMILES string of the molecule is CC(C)(C)C(=O)CCSC1=CC(=O)C(SCCOC=O)=CC1=O.CC(C)(C)NCC(N)=O. The molecule has 1 aliphatic rings. The van der Waals surface area contributed by atoms with Crippen LogP contribution in [0.1, 0.15) is 48.0 Å². The number of allylic oxidation sites excluding steroid dienone is 4. The van der Waals surface area contributed by atoms with Crippen molar-refractivity contribution < 1.29 is 28.7 Å². The summed E-state index contributed by atoms with van der Waals surface area (Å²) in [5.74, 6) is 0.249. The van der Waals surface area contributed by atoms with Crippen molar-refractivity contribution in [2.75, 3.05) is 24.7 Å². The van der Waals surface area contributed by atoms with Crippen molar-refractivity contribution in [1.29, 1.82) is 0 Å². The number of ketones is 3. The van der Waals surface area contributed by atoms with Crippen LogP contribution in [0.3, 0.4) is 0 Å². The smallest absolute Gasteiger partial charge is 0.293 e. The Morgan fingerprint density at radius 3 is 1.88 bits per heavy atom. The van der Waals surface area contributed by atoms with Gasteiger partial charge in [-0.15, -0.1) is 23.5 Å². The maximum Gasteiger partial charge on any atom is 0.293 e. The molecule has 0 aromatic rings. The molecule has 0 unspecified atom stereocenters. The van der Waals surface area contributed by atoms with Gasteiger partial charge in [-0.2, -0.15) is 0 Å². The third-order valence-electron chi connectivity index (χ3n) is 3.75. The minimum absolute atomic E-state index is 0.0188. The molecule has 8 nitrogen and oxygen atoms in total. The Morgan fingerprint density at radius 1 is 1.00 bits per heavy atom. The molecule has 0 atom stereocenters. The molecule has 0 radical (unpaired) electrons. The maximum absolute atomic E-state index is 12.0. The molecule has 1 amide bonds. The molecule has 0 heterocycles. The Balaban J connectivity index is 0.000000900. The molecule has 0 aromatic heterocycles. The molecule has 0 fully saturated rings. The first-order valence-corrected chi connectivity index (χ1v) is 12.0. The molecule has 0 bridgehead atoms. The van der Waals surface area contributed by atoms with Gasteiger partial charge >= 0.3 is 0 Å². The van der Waals surface area contributed by atoms with E-state index in [1.807, 2.05) is 41.5 Å². The van der Waals surface area contributed by atoms with E-state index in [9.17, 15) is 24.0 Å². The first-order chi connectivity index (χ1) is 14.7. The normalized spacial score (nSPS) is 14.1. The standard InChI is InChI=1S/C16H20O5S2.C6H14N2O/c1-16(2,3)15(20)4-6-22-13-8-12(19)14(9-11(13)18)23-7-5-21-10-17;1-6(2,3)8-4-5(7)9/h8-10H,4-7H2,1-3H3;8H,4H2,1-3H3,(H2,7,9). The van der Waals surface area contributed by atoms with Crippen LogP contribution >= 0.6 is 23.5 Å². The number of amides is 1. The molecule has 1 aliphatic carbocycles. The fourth-order valence-electron chi connectivity index (χ4n) is 1.98. The first kappa shape index (κ1) is 30.1. The topological polar surface area (TPSA) is 133 Å². The van der Waals surface area contributed by atoms with Crippen LogP contribution in [0, 0.1) is 5.41 Å². The number of hydrogen-bond donors (Lipinski definition) is 2. The van der Waals surface area contributed by atoms with Crippen molar-refractivity contribution in [2.45, 2.75) is 53.5 Å². The lowest BCUT2D eigenvalue weighted by Gasteiger charge is -2.18. The Morgan fingerprint density at radius 2 is 1.50 bits per heavy atom. The van der Waals surface area contributed by atoms with Crippen LogP contribution < -0.4 is 11.1 Å². The number of nitrogens with two attached hydrogens (primary N) is 1. The van der Waals surface area contributed by atoms with Gasteiger partial charge in [0.2, 0.25) is 5.91 Å². The number of thioether (sulfide) groups is 2. The Bertz CT molecular complexity index is 761. The van der Waals surface area contributed by atoms with Crippen molar-refractivity contribution in [1.82, 2.24) is 5.32 Å². The van der Waals surface area contributed by atoms with Crippen LogP contribution in [-0.2, 0) is 28.7 Å². The lowest BCUT2D eigenvalue weighted by Crippen LogP contribution is -2.41. The minimum atomic E-state index is -0.394. The van der Waals surface area contributed by atoms with E-state index in [0.29, 0.717) is 34.2 Å². The highest BCUT2D eigenvalue weighted by Gasteiger charge is 2.23. The average molecular weight is 487 g/mol. The molecule has 180 valence electrons. The van der Waals surface area contributed by atoms with Crippen LogP contribution in [-0.4, -0.2) is 59.9 Å². The molecule has 10 heteroatoms. The number of primary amides is 1.